The number of hydrogen-bond donors (Lipinski definition) is 2. The first kappa shape index (κ1) is 19.1. The van der Waals surface area contributed by atoms with Crippen LogP contribution >= 0.6 is 11.8 Å². The highest BCUT2D eigenvalue weighted by molar-refractivity contribution is 8.00. The second-order valence-electron chi connectivity index (χ2n) is 5.63. The first-order chi connectivity index (χ1) is 12.1. The van der Waals surface area contributed by atoms with Crippen molar-refractivity contribution in [3.8, 4) is 0 Å². The van der Waals surface area contributed by atoms with Crippen LogP contribution in [0.15, 0.2) is 52.0 Å². The Morgan fingerprint density at radius 3 is 2.56 bits per heavy atom. The molecule has 5 nitrogen and oxygen atoms in total. The average molecular weight is 360 g/mol. The Balaban J connectivity index is 1.91. The highest BCUT2D eigenvalue weighted by atomic mass is 32.2. The van der Waals surface area contributed by atoms with Crippen molar-refractivity contribution in [2.75, 3.05) is 5.75 Å². The molecule has 6 heteroatoms. The summed E-state index contributed by atoms with van der Waals surface area (Å²) >= 11 is 1.36. The number of rotatable bonds is 9. The zero-order chi connectivity index (χ0) is 18.1. The van der Waals surface area contributed by atoms with Crippen molar-refractivity contribution < 1.29 is 14.0 Å². The lowest BCUT2D eigenvalue weighted by molar-refractivity contribution is -0.118. The van der Waals surface area contributed by atoms with E-state index in [2.05, 4.69) is 24.5 Å². The maximum absolute atomic E-state index is 12.5. The average Bonchev–Trinajstić information content (AvgIpc) is 3.16. The molecule has 0 fully saturated rings. The zero-order valence-electron chi connectivity index (χ0n) is 14.6. The minimum atomic E-state index is -0.100. The van der Waals surface area contributed by atoms with E-state index in [1.165, 1.54) is 11.8 Å². The molecule has 0 aliphatic heterocycles. The van der Waals surface area contributed by atoms with Crippen molar-refractivity contribution in [1.29, 1.82) is 0 Å². The number of benzene rings is 1. The molecule has 0 aliphatic rings. The molecule has 0 atom stereocenters. The number of hydrogen-bond acceptors (Lipinski definition) is 4. The summed E-state index contributed by atoms with van der Waals surface area (Å²) in [5.41, 5.74) is 0.609. The van der Waals surface area contributed by atoms with Gasteiger partial charge in [-0.2, -0.15) is 0 Å². The van der Waals surface area contributed by atoms with Gasteiger partial charge in [0, 0.05) is 10.9 Å². The third kappa shape index (κ3) is 5.98. The predicted molar refractivity (Wildman–Crippen MR) is 99.6 cm³/mol. The molecule has 1 aromatic carbocycles. The van der Waals surface area contributed by atoms with Gasteiger partial charge in [-0.15, -0.1) is 11.8 Å². The molecule has 0 spiro atoms. The summed E-state index contributed by atoms with van der Waals surface area (Å²) in [5, 5.41) is 5.84. The smallest absolute Gasteiger partial charge is 0.252 e. The monoisotopic (exact) mass is 360 g/mol. The molecule has 0 radical (unpaired) electrons. The van der Waals surface area contributed by atoms with Gasteiger partial charge in [0.1, 0.15) is 5.76 Å². The van der Waals surface area contributed by atoms with E-state index in [9.17, 15) is 9.59 Å². The van der Waals surface area contributed by atoms with E-state index in [0.29, 0.717) is 17.9 Å². The van der Waals surface area contributed by atoms with Crippen LogP contribution in [0.4, 0.5) is 0 Å². The fourth-order valence-corrected chi connectivity index (χ4v) is 3.21. The van der Waals surface area contributed by atoms with E-state index in [-0.39, 0.29) is 23.6 Å². The Kier molecular flexibility index (Phi) is 7.60. The maximum atomic E-state index is 12.5. The van der Waals surface area contributed by atoms with Gasteiger partial charge in [0.15, 0.2) is 0 Å². The van der Waals surface area contributed by atoms with Crippen LogP contribution in [0.5, 0.6) is 0 Å². The van der Waals surface area contributed by atoms with Crippen LogP contribution < -0.4 is 10.6 Å². The number of nitrogens with one attached hydrogen (secondary N) is 2. The van der Waals surface area contributed by atoms with Crippen molar-refractivity contribution in [1.82, 2.24) is 10.6 Å². The molecule has 2 aromatic rings. The van der Waals surface area contributed by atoms with Crippen LogP contribution in [-0.2, 0) is 11.3 Å². The fourth-order valence-electron chi connectivity index (χ4n) is 2.33. The molecule has 2 N–H and O–H groups in total. The lowest BCUT2D eigenvalue weighted by atomic mass is 10.1. The van der Waals surface area contributed by atoms with Gasteiger partial charge in [0.2, 0.25) is 5.91 Å². The van der Waals surface area contributed by atoms with Crippen LogP contribution in [0.1, 0.15) is 42.8 Å². The third-order valence-electron chi connectivity index (χ3n) is 3.85. The van der Waals surface area contributed by atoms with Gasteiger partial charge in [-0.05, 0) is 37.1 Å². The maximum Gasteiger partial charge on any atom is 0.252 e. The largest absolute Gasteiger partial charge is 0.467 e. The minimum Gasteiger partial charge on any atom is -0.467 e. The molecule has 134 valence electrons. The molecule has 0 saturated carbocycles. The van der Waals surface area contributed by atoms with Crippen molar-refractivity contribution >= 4 is 23.6 Å². The molecule has 0 aliphatic carbocycles. The van der Waals surface area contributed by atoms with Gasteiger partial charge in [-0.1, -0.05) is 26.0 Å². The molecular weight excluding hydrogens is 336 g/mol. The lowest BCUT2D eigenvalue weighted by Gasteiger charge is -2.16. The van der Waals surface area contributed by atoms with Gasteiger partial charge in [-0.25, -0.2) is 0 Å². The van der Waals surface area contributed by atoms with Crippen LogP contribution in [0, 0.1) is 0 Å². The highest BCUT2D eigenvalue weighted by Gasteiger charge is 2.15. The van der Waals surface area contributed by atoms with Crippen LogP contribution in [0.25, 0.3) is 0 Å². The van der Waals surface area contributed by atoms with E-state index in [1.807, 2.05) is 24.3 Å². The third-order valence-corrected chi connectivity index (χ3v) is 4.92. The number of thioether (sulfide) groups is 1. The first-order valence-corrected chi connectivity index (χ1v) is 9.44. The second kappa shape index (κ2) is 9.93. The molecule has 0 unspecified atom stereocenters. The predicted octanol–water partition coefficient (Wildman–Crippen LogP) is 3.61. The fraction of sp³-hybridized carbons (Fsp3) is 0.368. The van der Waals surface area contributed by atoms with E-state index in [0.717, 1.165) is 17.7 Å². The SMILES string of the molecule is CCC(CC)NC(=O)c1ccccc1SCC(=O)NCc1ccco1. The van der Waals surface area contributed by atoms with Crippen molar-refractivity contribution in [3.05, 3.63) is 54.0 Å². The van der Waals surface area contributed by atoms with Crippen molar-refractivity contribution in [3.63, 3.8) is 0 Å². The normalized spacial score (nSPS) is 10.7. The molecule has 1 aromatic heterocycles. The lowest BCUT2D eigenvalue weighted by Crippen LogP contribution is -2.34. The molecule has 0 saturated heterocycles. The van der Waals surface area contributed by atoms with Gasteiger partial charge >= 0.3 is 0 Å². The molecule has 25 heavy (non-hydrogen) atoms. The van der Waals surface area contributed by atoms with Crippen molar-refractivity contribution in [2.24, 2.45) is 0 Å². The molecule has 1 heterocycles. The van der Waals surface area contributed by atoms with Gasteiger partial charge in [0.05, 0.1) is 24.1 Å². The molecule has 0 bridgehead atoms. The Hall–Kier alpha value is -2.21. The molecule has 2 rings (SSSR count). The topological polar surface area (TPSA) is 71.3 Å². The number of carbonyl (C=O) groups is 2. The van der Waals surface area contributed by atoms with E-state index in [1.54, 1.807) is 18.4 Å². The second-order valence-corrected chi connectivity index (χ2v) is 6.64. The Bertz CT molecular complexity index is 682. The van der Waals surface area contributed by atoms with Crippen LogP contribution in [0.2, 0.25) is 0 Å². The Labute approximate surface area is 152 Å². The summed E-state index contributed by atoms with van der Waals surface area (Å²) in [4.78, 5) is 25.3. The Morgan fingerprint density at radius 2 is 1.88 bits per heavy atom. The van der Waals surface area contributed by atoms with Crippen LogP contribution in [-0.4, -0.2) is 23.6 Å². The van der Waals surface area contributed by atoms with E-state index >= 15 is 0 Å². The van der Waals surface area contributed by atoms with Gasteiger partial charge in [0.25, 0.3) is 5.91 Å². The highest BCUT2D eigenvalue weighted by Crippen LogP contribution is 2.22. The number of carbonyl (C=O) groups excluding carboxylic acids is 2. The van der Waals surface area contributed by atoms with E-state index < -0.39 is 0 Å². The zero-order valence-corrected chi connectivity index (χ0v) is 15.4. The van der Waals surface area contributed by atoms with Crippen LogP contribution in [0.3, 0.4) is 0 Å². The summed E-state index contributed by atoms with van der Waals surface area (Å²) in [6, 6.07) is 11.1. The van der Waals surface area contributed by atoms with Crippen molar-refractivity contribution in [2.45, 2.75) is 44.2 Å². The summed E-state index contributed by atoms with van der Waals surface area (Å²) in [6.45, 7) is 4.47. The van der Waals surface area contributed by atoms with Gasteiger partial charge < -0.3 is 15.1 Å². The number of furan rings is 1. The molecule has 2 amide bonds. The quantitative estimate of drug-likeness (QED) is 0.670. The number of amides is 2. The minimum absolute atomic E-state index is 0.0900. The van der Waals surface area contributed by atoms with Gasteiger partial charge in [-0.3, -0.25) is 9.59 Å². The standard InChI is InChI=1S/C19H24N2O3S/c1-3-14(4-2)21-19(23)16-9-5-6-10-17(16)25-13-18(22)20-12-15-8-7-11-24-15/h5-11,14H,3-4,12-13H2,1-2H3,(H,20,22)(H,21,23). The summed E-state index contributed by atoms with van der Waals surface area (Å²) in [5.74, 6) is 0.767. The summed E-state index contributed by atoms with van der Waals surface area (Å²) in [7, 11) is 0. The van der Waals surface area contributed by atoms with E-state index in [4.69, 9.17) is 4.42 Å². The summed E-state index contributed by atoms with van der Waals surface area (Å²) < 4.78 is 5.18. The Morgan fingerprint density at radius 1 is 1.12 bits per heavy atom. The first-order valence-electron chi connectivity index (χ1n) is 8.45. The summed E-state index contributed by atoms with van der Waals surface area (Å²) in [6.07, 6.45) is 3.37. The molecular formula is C19H24N2O3S.